The van der Waals surface area contributed by atoms with Crippen LogP contribution in [0.5, 0.6) is 11.5 Å². The molecule has 4 aromatic rings. The highest BCUT2D eigenvalue weighted by Crippen LogP contribution is 2.36. The lowest BCUT2D eigenvalue weighted by molar-refractivity contribution is 0.0662. The molecule has 3 N–H and O–H groups in total. The van der Waals surface area contributed by atoms with Crippen molar-refractivity contribution in [3.8, 4) is 11.5 Å². The molecule has 0 spiro atoms. The van der Waals surface area contributed by atoms with E-state index in [0.717, 1.165) is 44.1 Å². The normalized spacial score (nSPS) is 13.0. The number of unbranched alkanes of at least 4 members (excludes halogenated alkanes) is 2. The number of benzene rings is 2. The number of carbonyl (C=O) groups excluding carboxylic acids is 1. The van der Waals surface area contributed by atoms with E-state index in [1.807, 2.05) is 19.1 Å². The predicted molar refractivity (Wildman–Crippen MR) is 172 cm³/mol. The fraction of sp³-hybridized carbons (Fsp3) is 0.286. The molecule has 11 heteroatoms. The average Bonchev–Trinajstić information content (AvgIpc) is 3.46. The minimum absolute atomic E-state index is 0.0140. The van der Waals surface area contributed by atoms with Crippen LogP contribution in [0.3, 0.4) is 0 Å². The molecule has 0 saturated heterocycles. The Morgan fingerprint density at radius 2 is 1.91 bits per heavy atom. The predicted octanol–water partition coefficient (Wildman–Crippen LogP) is 7.64. The quantitative estimate of drug-likeness (QED) is 0.0478. The maximum Gasteiger partial charge on any atom is 0.371 e. The number of aliphatic hydroxyl groups is 1. The standard InChI is InChI=1S/C35H35FO9S/c1-3-10-26-28(15-14-24(21(2)37)33(26)39)43-16-9-7-5-4-6-8-11-32(34(40)30-17-22(36)20-44-30)46-23-12-13-25-27(38)19-31(35(41)42)45-29(25)18-23/h4,6,8,11-15,17-20,32,34,39-40H,3,5,7,9-10,16H2,1-2H3,(H,41,42)/t32-,34+/m0/s1. The summed E-state index contributed by atoms with van der Waals surface area (Å²) in [6.45, 7) is 3.86. The van der Waals surface area contributed by atoms with Crippen molar-refractivity contribution in [3.63, 3.8) is 0 Å². The molecule has 0 fully saturated rings. The molecule has 2 atom stereocenters. The van der Waals surface area contributed by atoms with Crippen LogP contribution in [-0.2, 0) is 6.42 Å². The third kappa shape index (κ3) is 8.76. The van der Waals surface area contributed by atoms with E-state index in [0.29, 0.717) is 34.8 Å². The Bertz CT molecular complexity index is 1800. The second-order valence-electron chi connectivity index (χ2n) is 10.5. The van der Waals surface area contributed by atoms with Gasteiger partial charge in [-0.3, -0.25) is 9.59 Å². The first-order valence-electron chi connectivity index (χ1n) is 14.8. The van der Waals surface area contributed by atoms with Gasteiger partial charge in [0.1, 0.15) is 35.2 Å². The first-order chi connectivity index (χ1) is 22.1. The van der Waals surface area contributed by atoms with E-state index < -0.39 is 34.3 Å². The summed E-state index contributed by atoms with van der Waals surface area (Å²) >= 11 is 1.20. The Morgan fingerprint density at radius 3 is 2.61 bits per heavy atom. The number of rotatable bonds is 16. The number of allylic oxidation sites excluding steroid dienone is 3. The van der Waals surface area contributed by atoms with Gasteiger partial charge < -0.3 is 28.9 Å². The fourth-order valence-corrected chi connectivity index (χ4v) is 5.82. The number of fused-ring (bicyclic) bond motifs is 1. The molecule has 2 aromatic heterocycles. The summed E-state index contributed by atoms with van der Waals surface area (Å²) in [7, 11) is 0. The third-order valence-corrected chi connectivity index (χ3v) is 8.28. The summed E-state index contributed by atoms with van der Waals surface area (Å²) < 4.78 is 30.1. The van der Waals surface area contributed by atoms with Crippen LogP contribution >= 0.6 is 11.8 Å². The highest BCUT2D eigenvalue weighted by atomic mass is 32.2. The smallest absolute Gasteiger partial charge is 0.371 e. The van der Waals surface area contributed by atoms with Crippen molar-refractivity contribution in [2.24, 2.45) is 0 Å². The van der Waals surface area contributed by atoms with Crippen LogP contribution in [-0.4, -0.2) is 38.9 Å². The van der Waals surface area contributed by atoms with Crippen molar-refractivity contribution in [2.45, 2.75) is 62.2 Å². The first-order valence-corrected chi connectivity index (χ1v) is 15.7. The number of phenols is 1. The summed E-state index contributed by atoms with van der Waals surface area (Å²) in [5.74, 6) is -2.06. The van der Waals surface area contributed by atoms with Crippen LogP contribution in [0, 0.1) is 5.82 Å². The Balaban J connectivity index is 1.37. The minimum Gasteiger partial charge on any atom is -0.507 e. The summed E-state index contributed by atoms with van der Waals surface area (Å²) in [5, 5.41) is 30.3. The van der Waals surface area contributed by atoms with Gasteiger partial charge in [0.25, 0.3) is 0 Å². The number of carbonyl (C=O) groups is 2. The monoisotopic (exact) mass is 650 g/mol. The number of aliphatic hydroxyl groups excluding tert-OH is 1. The van der Waals surface area contributed by atoms with Gasteiger partial charge >= 0.3 is 5.97 Å². The molecule has 0 amide bonds. The van der Waals surface area contributed by atoms with Gasteiger partial charge in [0.05, 0.1) is 22.8 Å². The Morgan fingerprint density at radius 1 is 1.11 bits per heavy atom. The van der Waals surface area contributed by atoms with Crippen LogP contribution in [0.2, 0.25) is 0 Å². The molecule has 0 saturated carbocycles. The van der Waals surface area contributed by atoms with Gasteiger partial charge in [0.2, 0.25) is 5.76 Å². The molecule has 0 aliphatic heterocycles. The second kappa shape index (κ2) is 16.1. The summed E-state index contributed by atoms with van der Waals surface area (Å²) in [6, 6.07) is 10.0. The van der Waals surface area contributed by atoms with E-state index in [1.165, 1.54) is 30.8 Å². The summed E-state index contributed by atoms with van der Waals surface area (Å²) in [6.07, 6.45) is 10.7. The number of hydrogen-bond acceptors (Lipinski definition) is 9. The van der Waals surface area contributed by atoms with E-state index in [1.54, 1.807) is 30.4 Å². The van der Waals surface area contributed by atoms with Gasteiger partial charge in [-0.25, -0.2) is 9.18 Å². The molecule has 0 bridgehead atoms. The van der Waals surface area contributed by atoms with Crippen molar-refractivity contribution >= 4 is 34.5 Å². The molecule has 2 aromatic carbocycles. The molecular weight excluding hydrogens is 615 g/mol. The Labute approximate surface area is 269 Å². The van der Waals surface area contributed by atoms with Crippen LogP contribution < -0.4 is 10.2 Å². The van der Waals surface area contributed by atoms with Crippen LogP contribution in [0.4, 0.5) is 4.39 Å². The van der Waals surface area contributed by atoms with Crippen molar-refractivity contribution in [2.75, 3.05) is 6.61 Å². The summed E-state index contributed by atoms with van der Waals surface area (Å²) in [4.78, 5) is 36.0. The number of ketones is 1. The average molecular weight is 651 g/mol. The molecule has 9 nitrogen and oxygen atoms in total. The fourth-order valence-electron chi connectivity index (χ4n) is 4.75. The minimum atomic E-state index is -1.37. The summed E-state index contributed by atoms with van der Waals surface area (Å²) in [5.41, 5.74) is 0.536. The molecule has 242 valence electrons. The van der Waals surface area contributed by atoms with Gasteiger partial charge in [-0.1, -0.05) is 37.6 Å². The second-order valence-corrected chi connectivity index (χ2v) is 11.8. The molecule has 0 radical (unpaired) electrons. The Kier molecular flexibility index (Phi) is 12.0. The van der Waals surface area contributed by atoms with Crippen LogP contribution in [0.1, 0.15) is 77.9 Å². The van der Waals surface area contributed by atoms with E-state index in [2.05, 4.69) is 0 Å². The van der Waals surface area contributed by atoms with Crippen LogP contribution in [0.25, 0.3) is 11.0 Å². The van der Waals surface area contributed by atoms with Gasteiger partial charge in [-0.2, -0.15) is 0 Å². The SMILES string of the molecule is CCCc1c(OCCCCC=CC=C[C@H](Sc2ccc3c(=O)cc(C(=O)O)oc3c2)[C@H](O)c2cc(F)co2)ccc(C(C)=O)c1O. The number of carboxylic acid groups (broad SMARTS) is 1. The number of furan rings is 1. The van der Waals surface area contributed by atoms with Crippen molar-refractivity contribution < 1.29 is 42.9 Å². The van der Waals surface area contributed by atoms with Gasteiger partial charge in [0, 0.05) is 22.6 Å². The number of halogens is 1. The number of hydrogen-bond donors (Lipinski definition) is 3. The van der Waals surface area contributed by atoms with Crippen LogP contribution in [0.15, 0.2) is 91.6 Å². The zero-order valence-corrected chi connectivity index (χ0v) is 26.2. The maximum atomic E-state index is 13.6. The van der Waals surface area contributed by atoms with Gasteiger partial charge in [-0.05, 0) is 62.9 Å². The highest BCUT2D eigenvalue weighted by molar-refractivity contribution is 8.00. The van der Waals surface area contributed by atoms with Crippen molar-refractivity contribution in [1.29, 1.82) is 0 Å². The number of aromatic hydroxyl groups is 1. The van der Waals surface area contributed by atoms with Gasteiger partial charge in [0.15, 0.2) is 17.0 Å². The molecule has 0 aliphatic rings. The lowest BCUT2D eigenvalue weighted by Gasteiger charge is -2.17. The molecule has 46 heavy (non-hydrogen) atoms. The molecule has 4 rings (SSSR count). The van der Waals surface area contributed by atoms with E-state index in [9.17, 15) is 34.1 Å². The highest BCUT2D eigenvalue weighted by Gasteiger charge is 2.24. The topological polar surface area (TPSA) is 147 Å². The number of carboxylic acids is 1. The largest absolute Gasteiger partial charge is 0.507 e. The van der Waals surface area contributed by atoms with E-state index in [-0.39, 0.29) is 28.3 Å². The van der Waals surface area contributed by atoms with E-state index >= 15 is 0 Å². The number of thioether (sulfide) groups is 1. The van der Waals surface area contributed by atoms with Crippen molar-refractivity contribution in [3.05, 3.63) is 112 Å². The maximum absolute atomic E-state index is 13.6. The number of Topliss-reactive ketones (excluding diaryl/α,β-unsaturated/α-hetero) is 1. The lowest BCUT2D eigenvalue weighted by atomic mass is 10.0. The van der Waals surface area contributed by atoms with Crippen molar-refractivity contribution in [1.82, 2.24) is 0 Å². The molecular formula is C35H35FO9S. The molecule has 2 heterocycles. The first kappa shape index (κ1) is 34.3. The number of ether oxygens (including phenoxy) is 1. The lowest BCUT2D eigenvalue weighted by Crippen LogP contribution is -2.12. The Hall–Kier alpha value is -4.61. The number of phenolic OH excluding ortho intramolecular Hbond substituents is 1. The zero-order valence-electron chi connectivity index (χ0n) is 25.4. The molecule has 0 aliphatic carbocycles. The van der Waals surface area contributed by atoms with E-state index in [4.69, 9.17) is 13.6 Å². The zero-order chi connectivity index (χ0) is 33.2. The van der Waals surface area contributed by atoms with Gasteiger partial charge in [-0.15, -0.1) is 11.8 Å². The molecule has 0 unspecified atom stereocenters. The number of aromatic carboxylic acids is 1. The third-order valence-electron chi connectivity index (χ3n) is 7.06.